The Morgan fingerprint density at radius 3 is 2.15 bits per heavy atom. The Bertz CT molecular complexity index is 716. The molecule has 0 bridgehead atoms. The highest BCUT2D eigenvalue weighted by molar-refractivity contribution is 5.72. The molecule has 0 N–H and O–H groups in total. The molecule has 0 aliphatic carbocycles. The van der Waals surface area contributed by atoms with E-state index in [-0.39, 0.29) is 5.69 Å². The Morgan fingerprint density at radius 2 is 1.60 bits per heavy atom. The largest absolute Gasteiger partial charge is 0.269 e. The summed E-state index contributed by atoms with van der Waals surface area (Å²) < 4.78 is 0. The predicted octanol–water partition coefficient (Wildman–Crippen LogP) is 2.58. The highest BCUT2D eigenvalue weighted by Crippen LogP contribution is 2.13. The van der Waals surface area contributed by atoms with Gasteiger partial charge in [0.2, 0.25) is 0 Å². The van der Waals surface area contributed by atoms with Crippen LogP contribution in [0.25, 0.3) is 11.0 Å². The first kappa shape index (κ1) is 12.3. The number of non-ortho nitro benzene ring substituents is 1. The van der Waals surface area contributed by atoms with Crippen molar-refractivity contribution in [2.45, 2.75) is 13.0 Å². The average Bonchev–Trinajstić information content (AvgIpc) is 2.88. The molecular weight excluding hydrogens is 256 g/mol. The van der Waals surface area contributed by atoms with Gasteiger partial charge in [0.25, 0.3) is 5.69 Å². The van der Waals surface area contributed by atoms with Gasteiger partial charge in [-0.15, -0.1) is 0 Å². The number of nitrogens with zero attached hydrogens (tertiary/aromatic N) is 4. The monoisotopic (exact) mass is 268 g/mol. The zero-order valence-corrected chi connectivity index (χ0v) is 10.6. The molecule has 0 radical (unpaired) electrons. The van der Waals surface area contributed by atoms with Crippen LogP contribution in [0, 0.1) is 10.1 Å². The summed E-state index contributed by atoms with van der Waals surface area (Å²) in [6.45, 7) is 0.645. The molecule has 0 aliphatic heterocycles. The van der Waals surface area contributed by atoms with Crippen LogP contribution < -0.4 is 0 Å². The number of aromatic nitrogens is 3. The summed E-state index contributed by atoms with van der Waals surface area (Å²) in [5, 5.41) is 19.3. The Balaban J connectivity index is 1.71. The molecule has 0 atom stereocenters. The summed E-state index contributed by atoms with van der Waals surface area (Å²) in [5.41, 5.74) is 2.88. The number of fused-ring (bicyclic) bond motifs is 1. The lowest BCUT2D eigenvalue weighted by Gasteiger charge is -2.00. The topological polar surface area (TPSA) is 73.8 Å². The maximum absolute atomic E-state index is 10.6. The first-order valence-corrected chi connectivity index (χ1v) is 6.25. The summed E-state index contributed by atoms with van der Waals surface area (Å²) in [5.74, 6) is 0. The average molecular weight is 268 g/mol. The van der Waals surface area contributed by atoms with Crippen LogP contribution in [0.3, 0.4) is 0 Å². The molecule has 6 nitrogen and oxygen atoms in total. The molecule has 0 amide bonds. The fourth-order valence-electron chi connectivity index (χ4n) is 2.02. The first-order chi connectivity index (χ1) is 9.72. The lowest BCUT2D eigenvalue weighted by Crippen LogP contribution is -2.05. The molecule has 0 saturated carbocycles. The highest BCUT2D eigenvalue weighted by Gasteiger charge is 2.05. The van der Waals surface area contributed by atoms with E-state index >= 15 is 0 Å². The number of hydrogen-bond acceptors (Lipinski definition) is 4. The van der Waals surface area contributed by atoms with E-state index in [1.165, 1.54) is 12.1 Å². The Labute approximate surface area is 114 Å². The van der Waals surface area contributed by atoms with Crippen molar-refractivity contribution in [3.8, 4) is 0 Å². The summed E-state index contributed by atoms with van der Waals surface area (Å²) in [6, 6.07) is 14.3. The van der Waals surface area contributed by atoms with E-state index in [0.717, 1.165) is 23.0 Å². The lowest BCUT2D eigenvalue weighted by atomic mass is 10.1. The summed E-state index contributed by atoms with van der Waals surface area (Å²) in [4.78, 5) is 11.8. The number of benzene rings is 2. The lowest BCUT2D eigenvalue weighted by molar-refractivity contribution is -0.384. The number of nitro groups is 1. The first-order valence-electron chi connectivity index (χ1n) is 6.25. The predicted molar refractivity (Wildman–Crippen MR) is 74.3 cm³/mol. The number of hydrogen-bond donors (Lipinski definition) is 0. The van der Waals surface area contributed by atoms with Gasteiger partial charge in [-0.3, -0.25) is 10.1 Å². The van der Waals surface area contributed by atoms with E-state index in [1.54, 1.807) is 16.9 Å². The van der Waals surface area contributed by atoms with Crippen molar-refractivity contribution in [3.05, 3.63) is 64.2 Å². The van der Waals surface area contributed by atoms with Gasteiger partial charge in [0.15, 0.2) is 0 Å². The van der Waals surface area contributed by atoms with E-state index in [2.05, 4.69) is 10.2 Å². The summed E-state index contributed by atoms with van der Waals surface area (Å²) >= 11 is 0. The molecule has 100 valence electrons. The van der Waals surface area contributed by atoms with E-state index < -0.39 is 4.92 Å². The van der Waals surface area contributed by atoms with E-state index in [4.69, 9.17) is 0 Å². The van der Waals surface area contributed by atoms with Crippen molar-refractivity contribution in [2.24, 2.45) is 0 Å². The Kier molecular flexibility index (Phi) is 3.12. The van der Waals surface area contributed by atoms with Crippen LogP contribution in [0.2, 0.25) is 0 Å². The normalized spacial score (nSPS) is 10.8. The second kappa shape index (κ2) is 5.08. The van der Waals surface area contributed by atoms with Gasteiger partial charge in [0.05, 0.1) is 11.5 Å². The molecule has 1 heterocycles. The molecule has 0 unspecified atom stereocenters. The fraction of sp³-hybridized carbons (Fsp3) is 0.143. The molecule has 3 aromatic rings. The molecule has 6 heteroatoms. The van der Waals surface area contributed by atoms with Gasteiger partial charge in [0, 0.05) is 12.1 Å². The van der Waals surface area contributed by atoms with Crippen LogP contribution in [0.5, 0.6) is 0 Å². The molecule has 0 fully saturated rings. The van der Waals surface area contributed by atoms with Gasteiger partial charge in [-0.25, -0.2) is 0 Å². The van der Waals surface area contributed by atoms with Gasteiger partial charge < -0.3 is 0 Å². The Hall–Kier alpha value is -2.76. The van der Waals surface area contributed by atoms with E-state index in [1.807, 2.05) is 24.3 Å². The highest BCUT2D eigenvalue weighted by atomic mass is 16.6. The van der Waals surface area contributed by atoms with Crippen LogP contribution in [-0.2, 0) is 13.0 Å². The number of nitro benzene ring substituents is 1. The minimum absolute atomic E-state index is 0.108. The van der Waals surface area contributed by atoms with Crippen molar-refractivity contribution < 1.29 is 4.92 Å². The van der Waals surface area contributed by atoms with Crippen LogP contribution in [-0.4, -0.2) is 19.9 Å². The van der Waals surface area contributed by atoms with Crippen molar-refractivity contribution in [1.29, 1.82) is 0 Å². The Morgan fingerprint density at radius 1 is 1.00 bits per heavy atom. The quantitative estimate of drug-likeness (QED) is 0.538. The van der Waals surface area contributed by atoms with Gasteiger partial charge in [-0.05, 0) is 24.1 Å². The number of aryl methyl sites for hydroxylation is 2. The molecular formula is C14H12N4O2. The smallest absolute Gasteiger partial charge is 0.258 e. The molecule has 0 aliphatic rings. The van der Waals surface area contributed by atoms with Gasteiger partial charge in [-0.1, -0.05) is 24.3 Å². The second-order valence-electron chi connectivity index (χ2n) is 4.46. The third-order valence-corrected chi connectivity index (χ3v) is 3.08. The maximum Gasteiger partial charge on any atom is 0.269 e. The molecule has 0 saturated heterocycles. The van der Waals surface area contributed by atoms with Gasteiger partial charge in [-0.2, -0.15) is 15.0 Å². The van der Waals surface area contributed by atoms with Crippen molar-refractivity contribution >= 4 is 16.7 Å². The van der Waals surface area contributed by atoms with Crippen molar-refractivity contribution in [1.82, 2.24) is 15.0 Å². The summed E-state index contributed by atoms with van der Waals surface area (Å²) in [6.07, 6.45) is 0.735. The van der Waals surface area contributed by atoms with E-state index in [9.17, 15) is 10.1 Å². The molecule has 3 rings (SSSR count). The van der Waals surface area contributed by atoms with Crippen molar-refractivity contribution in [3.63, 3.8) is 0 Å². The van der Waals surface area contributed by atoms with Crippen LogP contribution in [0.1, 0.15) is 5.56 Å². The zero-order valence-electron chi connectivity index (χ0n) is 10.6. The van der Waals surface area contributed by atoms with Crippen LogP contribution in [0.15, 0.2) is 48.5 Å². The fourth-order valence-corrected chi connectivity index (χ4v) is 2.02. The standard InChI is InChI=1S/C14H12N4O2/c19-18(20)12-7-5-11(6-8-12)9-10-17-15-13-3-1-2-4-14(13)16-17/h1-8H,9-10H2. The third kappa shape index (κ3) is 2.49. The molecule has 0 spiro atoms. The van der Waals surface area contributed by atoms with Gasteiger partial charge in [0.1, 0.15) is 11.0 Å². The second-order valence-corrected chi connectivity index (χ2v) is 4.46. The van der Waals surface area contributed by atoms with Crippen LogP contribution in [0.4, 0.5) is 5.69 Å². The molecule has 20 heavy (non-hydrogen) atoms. The minimum Gasteiger partial charge on any atom is -0.258 e. The maximum atomic E-state index is 10.6. The van der Waals surface area contributed by atoms with E-state index in [0.29, 0.717) is 6.54 Å². The molecule has 2 aromatic carbocycles. The van der Waals surface area contributed by atoms with Crippen LogP contribution >= 0.6 is 0 Å². The van der Waals surface area contributed by atoms with Gasteiger partial charge >= 0.3 is 0 Å². The van der Waals surface area contributed by atoms with Crippen molar-refractivity contribution in [2.75, 3.05) is 0 Å². The number of rotatable bonds is 4. The zero-order chi connectivity index (χ0) is 13.9. The minimum atomic E-state index is -0.397. The third-order valence-electron chi connectivity index (χ3n) is 3.08. The molecule has 1 aromatic heterocycles. The SMILES string of the molecule is O=[N+]([O-])c1ccc(CCn2nc3ccccc3n2)cc1. The summed E-state index contributed by atoms with van der Waals surface area (Å²) in [7, 11) is 0.